The van der Waals surface area contributed by atoms with Crippen molar-refractivity contribution in [2.45, 2.75) is 18.9 Å². The number of carboxylic acid groups (broad SMARTS) is 1. The fourth-order valence-electron chi connectivity index (χ4n) is 2.31. The van der Waals surface area contributed by atoms with Crippen molar-refractivity contribution in [3.8, 4) is 0 Å². The van der Waals surface area contributed by atoms with Gasteiger partial charge in [0.25, 0.3) is 5.91 Å². The number of rotatable bonds is 3. The van der Waals surface area contributed by atoms with E-state index in [4.69, 9.17) is 5.11 Å². The summed E-state index contributed by atoms with van der Waals surface area (Å²) in [6.07, 6.45) is 4.17. The first-order valence-electron chi connectivity index (χ1n) is 6.38. The van der Waals surface area contributed by atoms with Crippen molar-refractivity contribution in [2.24, 2.45) is 5.92 Å². The van der Waals surface area contributed by atoms with Gasteiger partial charge in [-0.05, 0) is 31.0 Å². The van der Waals surface area contributed by atoms with Crippen LogP contribution in [0, 0.1) is 5.92 Å². The lowest BCUT2D eigenvalue weighted by atomic mass is 9.80. The van der Waals surface area contributed by atoms with Crippen molar-refractivity contribution in [2.75, 3.05) is 0 Å². The van der Waals surface area contributed by atoms with E-state index in [1.54, 1.807) is 30.6 Å². The Morgan fingerprint density at radius 2 is 1.85 bits per heavy atom. The van der Waals surface area contributed by atoms with Gasteiger partial charge in [-0.3, -0.25) is 19.6 Å². The summed E-state index contributed by atoms with van der Waals surface area (Å²) < 4.78 is 0. The van der Waals surface area contributed by atoms with Gasteiger partial charge in [-0.25, -0.2) is 0 Å². The van der Waals surface area contributed by atoms with Crippen LogP contribution in [0.15, 0.2) is 30.6 Å². The topological polar surface area (TPSA) is 92.2 Å². The first-order valence-corrected chi connectivity index (χ1v) is 6.38. The highest BCUT2D eigenvalue weighted by molar-refractivity contribution is 5.97. The van der Waals surface area contributed by atoms with E-state index in [0.29, 0.717) is 23.9 Å². The molecule has 1 aliphatic rings. The highest BCUT2D eigenvalue weighted by Crippen LogP contribution is 2.27. The number of nitrogens with zero attached hydrogens (tertiary/aromatic N) is 2. The molecular weight excluding hydrogens is 258 g/mol. The van der Waals surface area contributed by atoms with Crippen LogP contribution in [0.4, 0.5) is 0 Å². The number of aromatic nitrogens is 2. The van der Waals surface area contributed by atoms with E-state index in [9.17, 15) is 9.59 Å². The monoisotopic (exact) mass is 271 g/mol. The standard InChI is InChI=1S/C14H13N3O3/c18-13(17-10-5-9(6-10)14(19)20)8-1-2-11-12(7-8)16-4-3-15-11/h1-4,7,9-10H,5-6H2,(H,17,18)(H,19,20). The highest BCUT2D eigenvalue weighted by atomic mass is 16.4. The first kappa shape index (κ1) is 12.5. The van der Waals surface area contributed by atoms with Crippen molar-refractivity contribution in [1.82, 2.24) is 15.3 Å². The zero-order valence-electron chi connectivity index (χ0n) is 10.6. The normalized spacial score (nSPS) is 21.2. The number of amides is 1. The summed E-state index contributed by atoms with van der Waals surface area (Å²) in [5.41, 5.74) is 1.91. The molecule has 0 saturated heterocycles. The van der Waals surface area contributed by atoms with Gasteiger partial charge in [-0.1, -0.05) is 0 Å². The molecule has 0 radical (unpaired) electrons. The minimum atomic E-state index is -0.795. The molecule has 1 heterocycles. The van der Waals surface area contributed by atoms with Crippen LogP contribution in [0.1, 0.15) is 23.2 Å². The molecule has 102 valence electrons. The van der Waals surface area contributed by atoms with E-state index in [0.717, 1.165) is 5.52 Å². The Morgan fingerprint density at radius 3 is 2.55 bits per heavy atom. The van der Waals surface area contributed by atoms with E-state index in [2.05, 4.69) is 15.3 Å². The molecule has 3 rings (SSSR count). The van der Waals surface area contributed by atoms with Crippen LogP contribution in [0.5, 0.6) is 0 Å². The highest BCUT2D eigenvalue weighted by Gasteiger charge is 2.35. The molecule has 0 unspecified atom stereocenters. The fraction of sp³-hybridized carbons (Fsp3) is 0.286. The van der Waals surface area contributed by atoms with Crippen LogP contribution >= 0.6 is 0 Å². The van der Waals surface area contributed by atoms with Crippen LogP contribution < -0.4 is 5.32 Å². The molecule has 20 heavy (non-hydrogen) atoms. The summed E-state index contributed by atoms with van der Waals surface area (Å²) in [7, 11) is 0. The number of carbonyl (C=O) groups excluding carboxylic acids is 1. The van der Waals surface area contributed by atoms with Gasteiger partial charge in [-0.15, -0.1) is 0 Å². The average Bonchev–Trinajstić information content (AvgIpc) is 2.41. The second-order valence-corrected chi connectivity index (χ2v) is 4.94. The maximum atomic E-state index is 12.1. The van der Waals surface area contributed by atoms with Gasteiger partial charge in [0.2, 0.25) is 0 Å². The smallest absolute Gasteiger partial charge is 0.306 e. The number of carbonyl (C=O) groups is 2. The molecule has 0 aliphatic heterocycles. The second kappa shape index (κ2) is 4.88. The number of nitrogens with one attached hydrogen (secondary N) is 1. The molecule has 0 bridgehead atoms. The SMILES string of the molecule is O=C(NC1CC(C(=O)O)C1)c1ccc2nccnc2c1. The van der Waals surface area contributed by atoms with E-state index >= 15 is 0 Å². The Morgan fingerprint density at radius 1 is 1.15 bits per heavy atom. The number of hydrogen-bond donors (Lipinski definition) is 2. The minimum absolute atomic E-state index is 0.0545. The van der Waals surface area contributed by atoms with E-state index in [1.165, 1.54) is 0 Å². The Hall–Kier alpha value is -2.50. The van der Waals surface area contributed by atoms with Gasteiger partial charge in [0.1, 0.15) is 0 Å². The molecule has 0 atom stereocenters. The van der Waals surface area contributed by atoms with E-state index in [-0.39, 0.29) is 17.9 Å². The van der Waals surface area contributed by atoms with E-state index in [1.807, 2.05) is 0 Å². The average molecular weight is 271 g/mol. The van der Waals surface area contributed by atoms with Crippen molar-refractivity contribution in [3.05, 3.63) is 36.2 Å². The molecule has 0 spiro atoms. The van der Waals surface area contributed by atoms with Gasteiger partial charge in [0, 0.05) is 24.0 Å². The molecule has 1 aromatic carbocycles. The maximum Gasteiger partial charge on any atom is 0.306 e. The summed E-state index contributed by atoms with van der Waals surface area (Å²) in [5, 5.41) is 11.6. The molecule has 6 heteroatoms. The summed E-state index contributed by atoms with van der Waals surface area (Å²) in [4.78, 5) is 31.1. The lowest BCUT2D eigenvalue weighted by Gasteiger charge is -2.32. The van der Waals surface area contributed by atoms with Gasteiger partial charge in [0.05, 0.1) is 17.0 Å². The van der Waals surface area contributed by atoms with Crippen molar-refractivity contribution in [3.63, 3.8) is 0 Å². The Balaban J connectivity index is 1.69. The molecular formula is C14H13N3O3. The van der Waals surface area contributed by atoms with Crippen LogP contribution in [0.3, 0.4) is 0 Å². The molecule has 2 N–H and O–H groups in total. The first-order chi connectivity index (χ1) is 9.63. The lowest BCUT2D eigenvalue weighted by molar-refractivity contribution is -0.145. The zero-order valence-corrected chi connectivity index (χ0v) is 10.6. The molecule has 2 aromatic rings. The summed E-state index contributed by atoms with van der Waals surface area (Å²) in [6.45, 7) is 0. The fourth-order valence-corrected chi connectivity index (χ4v) is 2.31. The van der Waals surface area contributed by atoms with Crippen molar-refractivity contribution < 1.29 is 14.7 Å². The lowest BCUT2D eigenvalue weighted by Crippen LogP contribution is -2.46. The van der Waals surface area contributed by atoms with E-state index < -0.39 is 5.97 Å². The summed E-state index contributed by atoms with van der Waals surface area (Å²) in [5.74, 6) is -1.33. The van der Waals surface area contributed by atoms with Gasteiger partial charge in [0.15, 0.2) is 0 Å². The second-order valence-electron chi connectivity index (χ2n) is 4.94. The van der Waals surface area contributed by atoms with Gasteiger partial charge >= 0.3 is 5.97 Å². The third kappa shape index (κ3) is 2.32. The number of fused-ring (bicyclic) bond motifs is 1. The molecule has 1 fully saturated rings. The molecule has 1 aromatic heterocycles. The largest absolute Gasteiger partial charge is 0.481 e. The van der Waals surface area contributed by atoms with Crippen LogP contribution in [0.25, 0.3) is 11.0 Å². The van der Waals surface area contributed by atoms with Crippen molar-refractivity contribution >= 4 is 22.9 Å². The Kier molecular flexibility index (Phi) is 3.06. The zero-order chi connectivity index (χ0) is 14.1. The van der Waals surface area contributed by atoms with Crippen molar-refractivity contribution in [1.29, 1.82) is 0 Å². The third-order valence-corrected chi connectivity index (χ3v) is 3.55. The molecule has 1 saturated carbocycles. The molecule has 6 nitrogen and oxygen atoms in total. The quantitative estimate of drug-likeness (QED) is 0.875. The molecule has 1 aliphatic carbocycles. The number of carboxylic acids is 1. The number of hydrogen-bond acceptors (Lipinski definition) is 4. The molecule has 1 amide bonds. The summed E-state index contributed by atoms with van der Waals surface area (Å²) >= 11 is 0. The summed E-state index contributed by atoms with van der Waals surface area (Å²) in [6, 6.07) is 5.07. The Bertz CT molecular complexity index is 680. The number of benzene rings is 1. The predicted molar refractivity (Wildman–Crippen MR) is 71.2 cm³/mol. The maximum absolute atomic E-state index is 12.1. The van der Waals surface area contributed by atoms with Crippen LogP contribution in [-0.4, -0.2) is 33.0 Å². The van der Waals surface area contributed by atoms with Gasteiger partial charge < -0.3 is 10.4 Å². The number of aliphatic carboxylic acids is 1. The van der Waals surface area contributed by atoms with Crippen LogP contribution in [0.2, 0.25) is 0 Å². The Labute approximate surface area is 114 Å². The third-order valence-electron chi connectivity index (χ3n) is 3.55. The minimum Gasteiger partial charge on any atom is -0.481 e. The van der Waals surface area contributed by atoms with Crippen LogP contribution in [-0.2, 0) is 4.79 Å². The van der Waals surface area contributed by atoms with Gasteiger partial charge in [-0.2, -0.15) is 0 Å². The predicted octanol–water partition coefficient (Wildman–Crippen LogP) is 1.22.